The number of Topliss-reactive ketones (excluding diaryl/α,β-unsaturated/α-hetero) is 2. The Bertz CT molecular complexity index is 1020. The van der Waals surface area contributed by atoms with Gasteiger partial charge in [-0.1, -0.05) is 19.1 Å². The van der Waals surface area contributed by atoms with Gasteiger partial charge in [-0.25, -0.2) is 0 Å². The highest BCUT2D eigenvalue weighted by molar-refractivity contribution is 6.13. The summed E-state index contributed by atoms with van der Waals surface area (Å²) >= 11 is 0. The standard InChI is InChI=1S/C29H41N3O5/c1-17(2)31-29(36)25(32-28(35)24-9-6-14-30-24)16-21-10-12-22(13-11-21)37-15-7-8-23-20(5)26(33)18(3)19(4)27(23)34/h10-13,17,20,23-25,30H,6-9,14-16H2,1-5H3,(H,31,36)(H,32,35)/t20?,23?,24-,25?/m0/s1. The molecule has 3 rings (SSSR count). The zero-order valence-electron chi connectivity index (χ0n) is 22.7. The second-order valence-electron chi connectivity index (χ2n) is 10.6. The molecule has 0 radical (unpaired) electrons. The lowest BCUT2D eigenvalue weighted by atomic mass is 9.74. The quantitative estimate of drug-likeness (QED) is 0.394. The maximum atomic E-state index is 12.8. The summed E-state index contributed by atoms with van der Waals surface area (Å²) in [5, 5.41) is 8.99. The zero-order valence-corrected chi connectivity index (χ0v) is 22.7. The molecule has 2 aliphatic rings. The van der Waals surface area contributed by atoms with Gasteiger partial charge in [0.05, 0.1) is 12.6 Å². The molecule has 1 aromatic rings. The summed E-state index contributed by atoms with van der Waals surface area (Å²) in [6, 6.07) is 6.55. The van der Waals surface area contributed by atoms with Crippen molar-refractivity contribution in [3.8, 4) is 5.75 Å². The number of carbonyl (C=O) groups excluding carboxylic acids is 4. The van der Waals surface area contributed by atoms with E-state index in [4.69, 9.17) is 4.74 Å². The van der Waals surface area contributed by atoms with Crippen LogP contribution in [0.5, 0.6) is 5.75 Å². The first-order chi connectivity index (χ1) is 17.6. The van der Waals surface area contributed by atoms with E-state index >= 15 is 0 Å². The number of benzene rings is 1. The molecular weight excluding hydrogens is 470 g/mol. The highest BCUT2D eigenvalue weighted by atomic mass is 16.5. The summed E-state index contributed by atoms with van der Waals surface area (Å²) in [4.78, 5) is 50.4. The van der Waals surface area contributed by atoms with E-state index in [1.54, 1.807) is 13.8 Å². The van der Waals surface area contributed by atoms with E-state index in [0.717, 1.165) is 24.9 Å². The predicted molar refractivity (Wildman–Crippen MR) is 142 cm³/mol. The molecule has 0 saturated carbocycles. The van der Waals surface area contributed by atoms with Gasteiger partial charge in [-0.3, -0.25) is 19.2 Å². The van der Waals surface area contributed by atoms with Gasteiger partial charge in [0.2, 0.25) is 11.8 Å². The SMILES string of the molecule is CC1=C(C)C(=O)C(CCCOc2ccc(CC(NC(=O)[C@@H]3CCCN3)C(=O)NC(C)C)cc2)C(C)C1=O. The highest BCUT2D eigenvalue weighted by Gasteiger charge is 2.36. The minimum atomic E-state index is -0.664. The van der Waals surface area contributed by atoms with Gasteiger partial charge in [0.25, 0.3) is 0 Å². The Hall–Kier alpha value is -3.00. The molecular formula is C29H41N3O5. The molecule has 0 spiro atoms. The Morgan fingerprint density at radius 3 is 2.35 bits per heavy atom. The van der Waals surface area contributed by atoms with E-state index in [9.17, 15) is 19.2 Å². The van der Waals surface area contributed by atoms with Gasteiger partial charge in [0, 0.05) is 24.3 Å². The molecule has 3 N–H and O–H groups in total. The van der Waals surface area contributed by atoms with E-state index in [0.29, 0.717) is 42.8 Å². The monoisotopic (exact) mass is 511 g/mol. The first-order valence-corrected chi connectivity index (χ1v) is 13.4. The lowest BCUT2D eigenvalue weighted by molar-refractivity contribution is -0.130. The number of amides is 2. The van der Waals surface area contributed by atoms with E-state index in [1.165, 1.54) is 0 Å². The number of allylic oxidation sites excluding steroid dienone is 2. The van der Waals surface area contributed by atoms with Crippen molar-refractivity contribution in [3.63, 3.8) is 0 Å². The molecule has 0 aromatic heterocycles. The fraction of sp³-hybridized carbons (Fsp3) is 0.586. The van der Waals surface area contributed by atoms with Crippen LogP contribution in [0.15, 0.2) is 35.4 Å². The maximum absolute atomic E-state index is 12.8. The number of ketones is 2. The van der Waals surface area contributed by atoms with Crippen LogP contribution in [0.3, 0.4) is 0 Å². The van der Waals surface area contributed by atoms with Crippen LogP contribution in [0.25, 0.3) is 0 Å². The van der Waals surface area contributed by atoms with Crippen molar-refractivity contribution in [2.75, 3.05) is 13.2 Å². The van der Waals surface area contributed by atoms with Crippen molar-refractivity contribution in [3.05, 3.63) is 41.0 Å². The number of nitrogens with one attached hydrogen (secondary N) is 3. The second-order valence-corrected chi connectivity index (χ2v) is 10.6. The van der Waals surface area contributed by atoms with Crippen molar-refractivity contribution < 1.29 is 23.9 Å². The van der Waals surface area contributed by atoms with E-state index in [1.807, 2.05) is 45.0 Å². The molecule has 2 amide bonds. The average molecular weight is 512 g/mol. The molecule has 8 heteroatoms. The van der Waals surface area contributed by atoms with Crippen LogP contribution in [-0.4, -0.2) is 54.7 Å². The Balaban J connectivity index is 1.52. The molecule has 1 aromatic carbocycles. The third-order valence-electron chi connectivity index (χ3n) is 7.39. The smallest absolute Gasteiger partial charge is 0.243 e. The van der Waals surface area contributed by atoms with Crippen LogP contribution in [0, 0.1) is 11.8 Å². The van der Waals surface area contributed by atoms with E-state index in [-0.39, 0.29) is 47.3 Å². The van der Waals surface area contributed by atoms with Crippen molar-refractivity contribution in [2.24, 2.45) is 11.8 Å². The summed E-state index contributed by atoms with van der Waals surface area (Å²) in [5.41, 5.74) is 2.08. The molecule has 37 heavy (non-hydrogen) atoms. The first-order valence-electron chi connectivity index (χ1n) is 13.4. The van der Waals surface area contributed by atoms with Crippen molar-refractivity contribution in [2.45, 2.75) is 84.8 Å². The van der Waals surface area contributed by atoms with Gasteiger partial charge in [-0.05, 0) is 88.8 Å². The number of hydrogen-bond acceptors (Lipinski definition) is 6. The average Bonchev–Trinajstić information content (AvgIpc) is 3.41. The van der Waals surface area contributed by atoms with Crippen LogP contribution < -0.4 is 20.7 Å². The first kappa shape index (κ1) is 28.6. The molecule has 1 aliphatic heterocycles. The van der Waals surface area contributed by atoms with E-state index < -0.39 is 6.04 Å². The van der Waals surface area contributed by atoms with Crippen LogP contribution >= 0.6 is 0 Å². The maximum Gasteiger partial charge on any atom is 0.243 e. The van der Waals surface area contributed by atoms with Gasteiger partial charge < -0.3 is 20.7 Å². The molecule has 4 atom stereocenters. The summed E-state index contributed by atoms with van der Waals surface area (Å²) in [7, 11) is 0. The van der Waals surface area contributed by atoms with Gasteiger partial charge in [-0.2, -0.15) is 0 Å². The lowest BCUT2D eigenvalue weighted by Gasteiger charge is -2.28. The Kier molecular flexibility index (Phi) is 10.0. The normalized spacial score (nSPS) is 22.8. The predicted octanol–water partition coefficient (Wildman–Crippen LogP) is 2.89. The minimum Gasteiger partial charge on any atom is -0.494 e. The van der Waals surface area contributed by atoms with Crippen molar-refractivity contribution >= 4 is 23.4 Å². The zero-order chi connectivity index (χ0) is 27.1. The molecule has 8 nitrogen and oxygen atoms in total. The molecule has 0 bridgehead atoms. The summed E-state index contributed by atoms with van der Waals surface area (Å²) in [5.74, 6) is -0.0961. The van der Waals surface area contributed by atoms with Crippen LogP contribution in [0.1, 0.15) is 65.9 Å². The second kappa shape index (κ2) is 13.0. The Morgan fingerprint density at radius 2 is 1.73 bits per heavy atom. The van der Waals surface area contributed by atoms with Crippen molar-refractivity contribution in [1.82, 2.24) is 16.0 Å². The molecule has 1 aliphatic carbocycles. The van der Waals surface area contributed by atoms with Gasteiger partial charge in [0.15, 0.2) is 11.6 Å². The Morgan fingerprint density at radius 1 is 1.05 bits per heavy atom. The topological polar surface area (TPSA) is 114 Å². The summed E-state index contributed by atoms with van der Waals surface area (Å²) in [6.45, 7) is 10.3. The molecule has 202 valence electrons. The molecule has 1 heterocycles. The number of ether oxygens (including phenoxy) is 1. The van der Waals surface area contributed by atoms with Crippen LogP contribution in [0.2, 0.25) is 0 Å². The molecule has 1 saturated heterocycles. The largest absolute Gasteiger partial charge is 0.494 e. The van der Waals surface area contributed by atoms with Crippen LogP contribution in [0.4, 0.5) is 0 Å². The minimum absolute atomic E-state index is 0.0266. The number of hydrogen-bond donors (Lipinski definition) is 3. The van der Waals surface area contributed by atoms with E-state index in [2.05, 4.69) is 16.0 Å². The van der Waals surface area contributed by atoms with Gasteiger partial charge in [-0.15, -0.1) is 0 Å². The number of rotatable bonds is 11. The third-order valence-corrected chi connectivity index (χ3v) is 7.39. The Labute approximate surface area is 220 Å². The fourth-order valence-electron chi connectivity index (χ4n) is 5.01. The van der Waals surface area contributed by atoms with Crippen molar-refractivity contribution in [1.29, 1.82) is 0 Å². The number of carbonyl (C=O) groups is 4. The van der Waals surface area contributed by atoms with Crippen LogP contribution in [-0.2, 0) is 25.6 Å². The fourth-order valence-corrected chi connectivity index (χ4v) is 5.01. The lowest BCUT2D eigenvalue weighted by Crippen LogP contribution is -2.53. The highest BCUT2D eigenvalue weighted by Crippen LogP contribution is 2.31. The third kappa shape index (κ3) is 7.51. The summed E-state index contributed by atoms with van der Waals surface area (Å²) in [6.07, 6.45) is 3.38. The molecule has 1 fully saturated rings. The summed E-state index contributed by atoms with van der Waals surface area (Å²) < 4.78 is 5.87. The van der Waals surface area contributed by atoms with Gasteiger partial charge >= 0.3 is 0 Å². The molecule has 3 unspecified atom stereocenters. The van der Waals surface area contributed by atoms with Gasteiger partial charge in [0.1, 0.15) is 11.8 Å².